The van der Waals surface area contributed by atoms with Crippen LogP contribution in [-0.2, 0) is 11.0 Å². The van der Waals surface area contributed by atoms with Gasteiger partial charge in [0.25, 0.3) is 5.91 Å². The number of hydrogen-bond acceptors (Lipinski definition) is 6. The lowest BCUT2D eigenvalue weighted by molar-refractivity contribution is -0.141. The highest BCUT2D eigenvalue weighted by molar-refractivity contribution is 6.04. The molecule has 3 aliphatic rings. The summed E-state index contributed by atoms with van der Waals surface area (Å²) in [6, 6.07) is 3.66. The molecular formula is C24H25F3N6O. The summed E-state index contributed by atoms with van der Waals surface area (Å²) in [4.78, 5) is 27.5. The van der Waals surface area contributed by atoms with Gasteiger partial charge >= 0.3 is 6.18 Å². The molecule has 178 valence electrons. The quantitative estimate of drug-likeness (QED) is 0.711. The molecule has 34 heavy (non-hydrogen) atoms. The van der Waals surface area contributed by atoms with Gasteiger partial charge in [-0.05, 0) is 50.3 Å². The first-order chi connectivity index (χ1) is 16.2. The third-order valence-electron chi connectivity index (χ3n) is 6.70. The van der Waals surface area contributed by atoms with Gasteiger partial charge in [-0.3, -0.25) is 9.78 Å². The van der Waals surface area contributed by atoms with Crippen molar-refractivity contribution >= 4 is 17.4 Å². The van der Waals surface area contributed by atoms with Gasteiger partial charge < -0.3 is 15.5 Å². The third kappa shape index (κ3) is 4.12. The van der Waals surface area contributed by atoms with E-state index >= 15 is 0 Å². The van der Waals surface area contributed by atoms with Gasteiger partial charge in [-0.25, -0.2) is 9.97 Å². The number of rotatable bonds is 4. The van der Waals surface area contributed by atoms with Gasteiger partial charge in [-0.2, -0.15) is 13.2 Å². The van der Waals surface area contributed by atoms with Crippen LogP contribution in [-0.4, -0.2) is 50.9 Å². The lowest BCUT2D eigenvalue weighted by atomic mass is 9.98. The van der Waals surface area contributed by atoms with E-state index in [-0.39, 0.29) is 23.8 Å². The number of likely N-dealkylation sites (tertiary alicyclic amines) is 1. The summed E-state index contributed by atoms with van der Waals surface area (Å²) in [6.45, 7) is 5.25. The Kier molecular flexibility index (Phi) is 5.53. The molecule has 3 unspecified atom stereocenters. The number of carbonyl (C=O) groups excluding carboxylic acids is 1. The van der Waals surface area contributed by atoms with Crippen molar-refractivity contribution in [1.29, 1.82) is 0 Å². The van der Waals surface area contributed by atoms with Gasteiger partial charge in [0.05, 0.1) is 35.4 Å². The number of anilines is 1. The van der Waals surface area contributed by atoms with Crippen LogP contribution in [0.3, 0.4) is 0 Å². The Balaban J connectivity index is 1.39. The number of aromatic nitrogens is 3. The van der Waals surface area contributed by atoms with E-state index in [1.165, 1.54) is 0 Å². The number of piperidine rings is 1. The predicted molar refractivity (Wildman–Crippen MR) is 120 cm³/mol. The van der Waals surface area contributed by atoms with Gasteiger partial charge in [0.1, 0.15) is 5.82 Å². The number of carbonyl (C=O) groups is 1. The number of fused-ring (bicyclic) bond motifs is 2. The van der Waals surface area contributed by atoms with E-state index in [0.717, 1.165) is 47.8 Å². The van der Waals surface area contributed by atoms with Crippen molar-refractivity contribution in [2.24, 2.45) is 5.92 Å². The van der Waals surface area contributed by atoms with Gasteiger partial charge in [0, 0.05) is 25.3 Å². The minimum atomic E-state index is -4.53. The number of pyridine rings is 1. The Bertz CT molecular complexity index is 1170. The fourth-order valence-electron chi connectivity index (χ4n) is 5.13. The smallest absolute Gasteiger partial charge is 0.379 e. The first kappa shape index (κ1) is 22.4. The summed E-state index contributed by atoms with van der Waals surface area (Å²) >= 11 is 0. The second kappa shape index (κ2) is 8.41. The Morgan fingerprint density at radius 3 is 2.68 bits per heavy atom. The zero-order valence-corrected chi connectivity index (χ0v) is 18.9. The van der Waals surface area contributed by atoms with Crippen LogP contribution in [0, 0.1) is 12.8 Å². The first-order valence-electron chi connectivity index (χ1n) is 11.2. The Morgan fingerprint density at radius 2 is 2.00 bits per heavy atom. The van der Waals surface area contributed by atoms with E-state index in [4.69, 9.17) is 0 Å². The standard InChI is InChI=1S/C24H25F3N6O/c1-13-6-16(22(31-9-13)21-14(2)4-3-5-28-21)23(34)33-12-15-7-17(18(33)8-15)32-20-11-29-19(10-30-20)24(25,26)27/h3-6,10-11,15,17-18,31H,7-9,12H2,1-2H3,(H,30,32). The Labute approximate surface area is 195 Å². The summed E-state index contributed by atoms with van der Waals surface area (Å²) in [7, 11) is 0. The molecule has 1 amide bonds. The van der Waals surface area contributed by atoms with Crippen LogP contribution >= 0.6 is 0 Å². The summed E-state index contributed by atoms with van der Waals surface area (Å²) in [6.07, 6.45) is 2.62. The molecular weight excluding hydrogens is 445 g/mol. The molecule has 3 atom stereocenters. The number of dihydropyridines is 1. The van der Waals surface area contributed by atoms with Crippen molar-refractivity contribution in [1.82, 2.24) is 25.2 Å². The molecule has 2 aliphatic heterocycles. The molecule has 2 N–H and O–H groups in total. The maximum Gasteiger partial charge on any atom is 0.434 e. The van der Waals surface area contributed by atoms with Crippen LogP contribution in [0.4, 0.5) is 19.0 Å². The molecule has 4 heterocycles. The second-order valence-electron chi connectivity index (χ2n) is 9.20. The van der Waals surface area contributed by atoms with E-state index in [0.29, 0.717) is 24.6 Å². The van der Waals surface area contributed by atoms with Crippen LogP contribution in [0.2, 0.25) is 0 Å². The van der Waals surface area contributed by atoms with Crippen LogP contribution in [0.15, 0.2) is 47.9 Å². The van der Waals surface area contributed by atoms with E-state index in [9.17, 15) is 18.0 Å². The normalized spacial score (nSPS) is 24.2. The second-order valence-corrected chi connectivity index (χ2v) is 9.20. The number of amides is 1. The minimum absolute atomic E-state index is 0.0656. The maximum absolute atomic E-state index is 13.8. The molecule has 10 heteroatoms. The fourth-order valence-corrected chi connectivity index (χ4v) is 5.13. The molecule has 2 fully saturated rings. The van der Waals surface area contributed by atoms with Gasteiger partial charge in [0.2, 0.25) is 0 Å². The number of halogens is 3. The minimum Gasteiger partial charge on any atom is -0.379 e. The lowest BCUT2D eigenvalue weighted by Gasteiger charge is -2.35. The van der Waals surface area contributed by atoms with Gasteiger partial charge in [0.15, 0.2) is 5.69 Å². The Hall–Kier alpha value is -3.43. The highest BCUT2D eigenvalue weighted by Crippen LogP contribution is 2.40. The Morgan fingerprint density at radius 1 is 1.18 bits per heavy atom. The van der Waals surface area contributed by atoms with Crippen LogP contribution in [0.1, 0.15) is 36.7 Å². The summed E-state index contributed by atoms with van der Waals surface area (Å²) in [5, 5.41) is 6.57. The summed E-state index contributed by atoms with van der Waals surface area (Å²) < 4.78 is 38.4. The highest BCUT2D eigenvalue weighted by atomic mass is 19.4. The van der Waals surface area contributed by atoms with E-state index in [1.54, 1.807) is 6.20 Å². The largest absolute Gasteiger partial charge is 0.434 e. The monoisotopic (exact) mass is 470 g/mol. The molecule has 2 bridgehead atoms. The molecule has 2 aromatic heterocycles. The van der Waals surface area contributed by atoms with Gasteiger partial charge in [-0.15, -0.1) is 0 Å². The van der Waals surface area contributed by atoms with E-state index in [2.05, 4.69) is 25.6 Å². The van der Waals surface area contributed by atoms with E-state index < -0.39 is 11.9 Å². The van der Waals surface area contributed by atoms with Gasteiger partial charge in [-0.1, -0.05) is 11.6 Å². The molecule has 2 aromatic rings. The van der Waals surface area contributed by atoms with Crippen LogP contribution in [0.25, 0.3) is 5.70 Å². The molecule has 5 rings (SSSR count). The average Bonchev–Trinajstić information content (AvgIpc) is 3.40. The highest BCUT2D eigenvalue weighted by Gasteiger charge is 2.48. The zero-order valence-electron chi connectivity index (χ0n) is 18.9. The SMILES string of the molecule is CC1=CC(C(=O)N2CC3CC(Nc4cnc(C(F)(F)F)cn4)C2C3)=C(c2ncccc2C)NC1. The number of nitrogens with one attached hydrogen (secondary N) is 2. The lowest BCUT2D eigenvalue weighted by Crippen LogP contribution is -2.48. The average molecular weight is 470 g/mol. The summed E-state index contributed by atoms with van der Waals surface area (Å²) in [5.41, 5.74) is 3.08. The van der Waals surface area contributed by atoms with Crippen molar-refractivity contribution in [2.45, 2.75) is 44.9 Å². The van der Waals surface area contributed by atoms with Crippen LogP contribution in [0.5, 0.6) is 0 Å². The zero-order chi connectivity index (χ0) is 24.0. The maximum atomic E-state index is 13.8. The fraction of sp³-hybridized carbons (Fsp3) is 0.417. The number of alkyl halides is 3. The number of nitrogens with zero attached hydrogens (tertiary/aromatic N) is 4. The van der Waals surface area contributed by atoms with Crippen molar-refractivity contribution in [3.05, 3.63) is 64.9 Å². The van der Waals surface area contributed by atoms with E-state index in [1.807, 2.05) is 37.0 Å². The number of hydrogen-bond donors (Lipinski definition) is 2. The molecule has 0 spiro atoms. The first-order valence-corrected chi connectivity index (χ1v) is 11.2. The number of aryl methyl sites for hydroxylation is 1. The molecule has 1 saturated carbocycles. The topological polar surface area (TPSA) is 83.0 Å². The molecule has 0 aromatic carbocycles. The summed E-state index contributed by atoms with van der Waals surface area (Å²) in [5.74, 6) is 0.539. The van der Waals surface area contributed by atoms with Crippen LogP contribution < -0.4 is 10.6 Å². The third-order valence-corrected chi connectivity index (χ3v) is 6.70. The van der Waals surface area contributed by atoms with Crippen molar-refractivity contribution in [2.75, 3.05) is 18.4 Å². The molecule has 0 radical (unpaired) electrons. The predicted octanol–water partition coefficient (Wildman–Crippen LogP) is 3.56. The van der Waals surface area contributed by atoms with Crippen molar-refractivity contribution in [3.63, 3.8) is 0 Å². The molecule has 7 nitrogen and oxygen atoms in total. The molecule has 1 saturated heterocycles. The van der Waals surface area contributed by atoms with Crippen molar-refractivity contribution < 1.29 is 18.0 Å². The van der Waals surface area contributed by atoms with Crippen molar-refractivity contribution in [3.8, 4) is 0 Å². The molecule has 1 aliphatic carbocycles.